The summed E-state index contributed by atoms with van der Waals surface area (Å²) in [6, 6.07) is 24.0. The molecule has 2 aliphatic heterocycles. The predicted octanol–water partition coefficient (Wildman–Crippen LogP) is 3.20. The van der Waals surface area contributed by atoms with E-state index in [9.17, 15) is 14.4 Å². The largest absolute Gasteiger partial charge is 0.339 e. The van der Waals surface area contributed by atoms with Crippen LogP contribution in [0.25, 0.3) is 11.1 Å². The lowest BCUT2D eigenvalue weighted by Gasteiger charge is -2.39. The van der Waals surface area contributed by atoms with Gasteiger partial charge in [0.05, 0.1) is 17.2 Å². The molecule has 0 N–H and O–H groups in total. The average Bonchev–Trinajstić information content (AvgIpc) is 3.32. The monoisotopic (exact) mass is 437 g/mol. The van der Waals surface area contributed by atoms with Gasteiger partial charge in [0, 0.05) is 26.2 Å². The molecule has 2 heterocycles. The van der Waals surface area contributed by atoms with Gasteiger partial charge in [-0.15, -0.1) is 0 Å². The third kappa shape index (κ3) is 3.09. The molecule has 6 heteroatoms. The smallest absolute Gasteiger partial charge is 0.262 e. The Morgan fingerprint density at radius 2 is 1.12 bits per heavy atom. The van der Waals surface area contributed by atoms with Gasteiger partial charge in [0.25, 0.3) is 11.8 Å². The van der Waals surface area contributed by atoms with E-state index in [1.165, 1.54) is 22.3 Å². The van der Waals surface area contributed by atoms with Crippen molar-refractivity contribution in [2.75, 3.05) is 32.7 Å². The molecule has 0 atom stereocenters. The minimum atomic E-state index is -0.387. The first-order valence-electron chi connectivity index (χ1n) is 11.3. The Kier molecular flexibility index (Phi) is 4.62. The summed E-state index contributed by atoms with van der Waals surface area (Å²) in [4.78, 5) is 43.5. The second-order valence-corrected chi connectivity index (χ2v) is 8.74. The molecule has 0 unspecified atom stereocenters. The molecule has 0 radical (unpaired) electrons. The molecule has 0 bridgehead atoms. The number of imide groups is 1. The van der Waals surface area contributed by atoms with Gasteiger partial charge in [0.2, 0.25) is 5.91 Å². The van der Waals surface area contributed by atoms with Crippen molar-refractivity contribution in [3.05, 3.63) is 95.1 Å². The molecule has 6 rings (SSSR count). The molecule has 1 aliphatic carbocycles. The van der Waals surface area contributed by atoms with E-state index in [0.717, 1.165) is 18.0 Å². The van der Waals surface area contributed by atoms with Crippen LogP contribution in [0, 0.1) is 0 Å². The number of amides is 3. The summed E-state index contributed by atoms with van der Waals surface area (Å²) in [6.45, 7) is 2.41. The summed E-state index contributed by atoms with van der Waals surface area (Å²) in [5.74, 6) is -0.958. The molecule has 1 fully saturated rings. The van der Waals surface area contributed by atoms with Gasteiger partial charge in [-0.2, -0.15) is 0 Å². The molecule has 3 aromatic carbocycles. The Bertz CT molecular complexity index is 1210. The number of nitrogens with zero attached hydrogens (tertiary/aromatic N) is 3. The molecule has 3 aliphatic rings. The Labute approximate surface area is 192 Å². The summed E-state index contributed by atoms with van der Waals surface area (Å²) in [7, 11) is 0. The molecule has 6 nitrogen and oxygen atoms in total. The van der Waals surface area contributed by atoms with Gasteiger partial charge < -0.3 is 4.90 Å². The van der Waals surface area contributed by atoms with Crippen LogP contribution in [0.3, 0.4) is 0 Å². The van der Waals surface area contributed by atoms with Gasteiger partial charge in [0.1, 0.15) is 6.54 Å². The standard InChI is InChI=1S/C27H23N3O3/c31-24(17-30-26(32)22-11-5-6-12-23(22)27(30)33)28-13-15-29(16-14-28)25-20-9-3-1-7-18(20)19-8-2-4-10-21(19)25/h1-12,25H,13-17H2. The van der Waals surface area contributed by atoms with E-state index in [-0.39, 0.29) is 30.3 Å². The number of benzene rings is 3. The fourth-order valence-corrected chi connectivity index (χ4v) is 5.37. The highest BCUT2D eigenvalue weighted by Gasteiger charge is 2.38. The van der Waals surface area contributed by atoms with Crippen molar-refractivity contribution in [3.63, 3.8) is 0 Å². The van der Waals surface area contributed by atoms with Crippen LogP contribution in [-0.2, 0) is 4.79 Å². The lowest BCUT2D eigenvalue weighted by Crippen LogP contribution is -2.52. The highest BCUT2D eigenvalue weighted by atomic mass is 16.2. The zero-order valence-electron chi connectivity index (χ0n) is 18.1. The third-order valence-electron chi connectivity index (χ3n) is 7.00. The zero-order chi connectivity index (χ0) is 22.5. The maximum Gasteiger partial charge on any atom is 0.262 e. The number of carbonyl (C=O) groups is 3. The lowest BCUT2D eigenvalue weighted by molar-refractivity contribution is -0.133. The van der Waals surface area contributed by atoms with Crippen LogP contribution in [0.15, 0.2) is 72.8 Å². The van der Waals surface area contributed by atoms with Crippen LogP contribution in [0.2, 0.25) is 0 Å². The number of hydrogen-bond acceptors (Lipinski definition) is 4. The van der Waals surface area contributed by atoms with E-state index >= 15 is 0 Å². The topological polar surface area (TPSA) is 60.9 Å². The van der Waals surface area contributed by atoms with E-state index in [1.807, 2.05) is 0 Å². The third-order valence-corrected chi connectivity index (χ3v) is 7.00. The first-order chi connectivity index (χ1) is 16.1. The predicted molar refractivity (Wildman–Crippen MR) is 124 cm³/mol. The number of fused-ring (bicyclic) bond motifs is 4. The maximum absolute atomic E-state index is 13.0. The van der Waals surface area contributed by atoms with Gasteiger partial charge >= 0.3 is 0 Å². The van der Waals surface area contributed by atoms with Crippen molar-refractivity contribution in [2.24, 2.45) is 0 Å². The van der Waals surface area contributed by atoms with Crippen molar-refractivity contribution < 1.29 is 14.4 Å². The Hall–Kier alpha value is -3.77. The van der Waals surface area contributed by atoms with Gasteiger partial charge in [-0.05, 0) is 34.4 Å². The molecular formula is C27H23N3O3. The number of hydrogen-bond donors (Lipinski definition) is 0. The maximum atomic E-state index is 13.0. The molecule has 164 valence electrons. The molecule has 3 amide bonds. The van der Waals surface area contributed by atoms with Gasteiger partial charge in [0.15, 0.2) is 0 Å². The first kappa shape index (κ1) is 19.9. The Balaban J connectivity index is 1.15. The van der Waals surface area contributed by atoms with Crippen molar-refractivity contribution >= 4 is 17.7 Å². The number of rotatable bonds is 3. The van der Waals surface area contributed by atoms with Gasteiger partial charge in [-0.1, -0.05) is 60.7 Å². The van der Waals surface area contributed by atoms with Crippen LogP contribution in [0.4, 0.5) is 0 Å². The van der Waals surface area contributed by atoms with Gasteiger partial charge in [-0.25, -0.2) is 0 Å². The van der Waals surface area contributed by atoms with E-state index in [2.05, 4.69) is 53.4 Å². The molecule has 33 heavy (non-hydrogen) atoms. The summed E-state index contributed by atoms with van der Waals surface area (Å²) in [6.07, 6.45) is 0. The molecule has 3 aromatic rings. The number of piperazine rings is 1. The minimum absolute atomic E-state index is 0.184. The summed E-state index contributed by atoms with van der Waals surface area (Å²) >= 11 is 0. The summed E-state index contributed by atoms with van der Waals surface area (Å²) in [5, 5.41) is 0. The van der Waals surface area contributed by atoms with Crippen molar-refractivity contribution in [1.82, 2.24) is 14.7 Å². The Morgan fingerprint density at radius 3 is 1.64 bits per heavy atom. The highest BCUT2D eigenvalue weighted by Crippen LogP contribution is 2.46. The molecular weight excluding hydrogens is 414 g/mol. The summed E-state index contributed by atoms with van der Waals surface area (Å²) < 4.78 is 0. The van der Waals surface area contributed by atoms with Crippen LogP contribution in [0.5, 0.6) is 0 Å². The normalized spacial score (nSPS) is 17.8. The van der Waals surface area contributed by atoms with Crippen LogP contribution < -0.4 is 0 Å². The quantitative estimate of drug-likeness (QED) is 0.591. The van der Waals surface area contributed by atoms with Crippen molar-refractivity contribution in [1.29, 1.82) is 0 Å². The van der Waals surface area contributed by atoms with Crippen molar-refractivity contribution in [3.8, 4) is 11.1 Å². The second-order valence-electron chi connectivity index (χ2n) is 8.74. The van der Waals surface area contributed by atoms with Crippen LogP contribution >= 0.6 is 0 Å². The number of carbonyl (C=O) groups excluding carboxylic acids is 3. The van der Waals surface area contributed by atoms with Crippen LogP contribution in [-0.4, -0.2) is 65.1 Å². The molecule has 0 saturated carbocycles. The van der Waals surface area contributed by atoms with Crippen molar-refractivity contribution in [2.45, 2.75) is 6.04 Å². The van der Waals surface area contributed by atoms with E-state index in [1.54, 1.807) is 29.2 Å². The first-order valence-corrected chi connectivity index (χ1v) is 11.3. The Morgan fingerprint density at radius 1 is 0.667 bits per heavy atom. The molecule has 1 saturated heterocycles. The SMILES string of the molecule is O=C(CN1C(=O)c2ccccc2C1=O)N1CCN(C2c3ccccc3-c3ccccc32)CC1. The fourth-order valence-electron chi connectivity index (χ4n) is 5.37. The highest BCUT2D eigenvalue weighted by molar-refractivity contribution is 6.22. The van der Waals surface area contributed by atoms with Crippen LogP contribution in [0.1, 0.15) is 37.9 Å². The lowest BCUT2D eigenvalue weighted by atomic mass is 10.0. The minimum Gasteiger partial charge on any atom is -0.339 e. The zero-order valence-corrected chi connectivity index (χ0v) is 18.1. The van der Waals surface area contributed by atoms with E-state index in [4.69, 9.17) is 0 Å². The second kappa shape index (κ2) is 7.67. The summed E-state index contributed by atoms with van der Waals surface area (Å²) in [5.41, 5.74) is 5.93. The fraction of sp³-hybridized carbons (Fsp3) is 0.222. The van der Waals surface area contributed by atoms with Gasteiger partial charge in [-0.3, -0.25) is 24.2 Å². The van der Waals surface area contributed by atoms with E-state index in [0.29, 0.717) is 24.2 Å². The molecule has 0 spiro atoms. The molecule has 0 aromatic heterocycles. The average molecular weight is 437 g/mol. The van der Waals surface area contributed by atoms with E-state index < -0.39 is 0 Å².